The van der Waals surface area contributed by atoms with E-state index >= 15 is 0 Å². The number of hydrogen-bond acceptors (Lipinski definition) is 11. The Labute approximate surface area is 325 Å². The maximum atomic E-state index is 13.0. The topological polar surface area (TPSA) is 129 Å². The zero-order chi connectivity index (χ0) is 39.3. The quantitative estimate of drug-likeness (QED) is 0.135. The molecule has 12 nitrogen and oxygen atoms in total. The predicted molar refractivity (Wildman–Crippen MR) is 213 cm³/mol. The summed E-state index contributed by atoms with van der Waals surface area (Å²) in [6.45, 7) is 24.1. The van der Waals surface area contributed by atoms with Gasteiger partial charge in [-0.3, -0.25) is 0 Å². The molecule has 1 aromatic carbocycles. The first-order chi connectivity index (χ1) is 25.2. The molecular weight excluding hydrogens is 722 g/mol. The highest BCUT2D eigenvalue weighted by atomic mass is 35.5. The zero-order valence-electron chi connectivity index (χ0n) is 33.8. The lowest BCUT2D eigenvalue weighted by atomic mass is 10.0. The summed E-state index contributed by atoms with van der Waals surface area (Å²) in [6.07, 6.45) is 3.42. The third-order valence-electron chi connectivity index (χ3n) is 10.4. The maximum absolute atomic E-state index is 13.0. The lowest BCUT2D eigenvalue weighted by Gasteiger charge is -2.40. The summed E-state index contributed by atoms with van der Waals surface area (Å²) in [4.78, 5) is 36.6. The molecule has 0 saturated heterocycles. The highest BCUT2D eigenvalue weighted by Gasteiger charge is 2.40. The first kappa shape index (κ1) is 39.6. The number of anilines is 1. The molecule has 0 unspecified atom stereocenters. The van der Waals surface area contributed by atoms with E-state index in [9.17, 15) is 4.79 Å². The van der Waals surface area contributed by atoms with Crippen molar-refractivity contribution in [3.8, 4) is 28.4 Å². The number of carbonyl (C=O) groups excluding carboxylic acids is 1. The van der Waals surface area contributed by atoms with E-state index in [-0.39, 0.29) is 18.2 Å². The van der Waals surface area contributed by atoms with E-state index in [0.29, 0.717) is 46.9 Å². The van der Waals surface area contributed by atoms with Crippen LogP contribution in [0.4, 0.5) is 10.6 Å². The second-order valence-electron chi connectivity index (χ2n) is 17.2. The molecule has 1 amide bonds. The van der Waals surface area contributed by atoms with Gasteiger partial charge in [0.05, 0.1) is 46.9 Å². The molecule has 6 rings (SSSR count). The molecule has 1 fully saturated rings. The molecule has 0 N–H and O–H groups in total. The van der Waals surface area contributed by atoms with Crippen LogP contribution in [0.15, 0.2) is 28.9 Å². The fourth-order valence-electron chi connectivity index (χ4n) is 6.25. The number of nitrogens with zero attached hydrogens (tertiary/aromatic N) is 7. The molecule has 290 valence electrons. The monoisotopic (exact) mass is 775 g/mol. The zero-order valence-corrected chi connectivity index (χ0v) is 35.5. The molecule has 0 bridgehead atoms. The maximum Gasteiger partial charge on any atom is 0.410 e. The molecule has 0 radical (unpaired) electrons. The van der Waals surface area contributed by atoms with Crippen molar-refractivity contribution >= 4 is 31.8 Å². The van der Waals surface area contributed by atoms with Crippen LogP contribution in [0.25, 0.3) is 22.6 Å². The van der Waals surface area contributed by atoms with Gasteiger partial charge in [0.25, 0.3) is 0 Å². The van der Waals surface area contributed by atoms with Crippen LogP contribution in [-0.2, 0) is 22.3 Å². The Kier molecular flexibility index (Phi) is 10.9. The Balaban J connectivity index is 1.32. The fourth-order valence-corrected chi connectivity index (χ4v) is 7.78. The molecule has 0 spiro atoms. The van der Waals surface area contributed by atoms with Gasteiger partial charge in [-0.25, -0.2) is 24.7 Å². The minimum absolute atomic E-state index is 0.0502. The standard InChI is InChI=1S/C40H54ClN7O5Si/c1-23-34(33-24(2)46-52-25(33)3)44-36(45-37(23)48-19-27-18-42-35(26-13-14-26)43-32(27)21-48)30-17-28(15-16-31(30)41)50-22-29(53-54(11,12)40(7,8)9)20-47(10)38(49)51-39(4,5)6/h15-18,26,29H,13-14,19-22H2,1-12H3/t29-/m1/s1. The van der Waals surface area contributed by atoms with Crippen molar-refractivity contribution in [1.29, 1.82) is 0 Å². The first-order valence-electron chi connectivity index (χ1n) is 18.7. The lowest BCUT2D eigenvalue weighted by molar-refractivity contribution is 0.0172. The third kappa shape index (κ3) is 8.73. The molecule has 2 aliphatic rings. The van der Waals surface area contributed by atoms with Crippen LogP contribution in [-0.4, -0.2) is 76.3 Å². The molecule has 1 saturated carbocycles. The summed E-state index contributed by atoms with van der Waals surface area (Å²) in [6, 6.07) is 5.48. The van der Waals surface area contributed by atoms with E-state index in [2.05, 4.69) is 48.9 Å². The van der Waals surface area contributed by atoms with Crippen molar-refractivity contribution in [3.05, 3.63) is 63.5 Å². The van der Waals surface area contributed by atoms with Gasteiger partial charge in [-0.1, -0.05) is 37.5 Å². The van der Waals surface area contributed by atoms with Crippen LogP contribution < -0.4 is 9.64 Å². The van der Waals surface area contributed by atoms with Crippen molar-refractivity contribution in [2.75, 3.05) is 25.1 Å². The number of fused-ring (bicyclic) bond motifs is 1. The molecule has 1 aliphatic heterocycles. The number of amides is 1. The van der Waals surface area contributed by atoms with Crippen molar-refractivity contribution in [2.24, 2.45) is 0 Å². The van der Waals surface area contributed by atoms with E-state index in [1.54, 1.807) is 18.0 Å². The molecule has 54 heavy (non-hydrogen) atoms. The summed E-state index contributed by atoms with van der Waals surface area (Å²) in [5.41, 5.74) is 5.32. The Morgan fingerprint density at radius 1 is 1.07 bits per heavy atom. The molecule has 4 heterocycles. The van der Waals surface area contributed by atoms with Gasteiger partial charge in [0.2, 0.25) is 0 Å². The van der Waals surface area contributed by atoms with Gasteiger partial charge in [0.1, 0.15) is 35.4 Å². The summed E-state index contributed by atoms with van der Waals surface area (Å²) in [7, 11) is -0.530. The van der Waals surface area contributed by atoms with Gasteiger partial charge in [-0.2, -0.15) is 0 Å². The van der Waals surface area contributed by atoms with Crippen molar-refractivity contribution in [1.82, 2.24) is 30.0 Å². The minimum atomic E-state index is -2.25. The first-order valence-corrected chi connectivity index (χ1v) is 22.0. The Hall–Kier alpha value is -4.07. The predicted octanol–water partition coefficient (Wildman–Crippen LogP) is 9.20. The van der Waals surface area contributed by atoms with Gasteiger partial charge in [-0.15, -0.1) is 0 Å². The molecule has 1 atom stereocenters. The van der Waals surface area contributed by atoms with Gasteiger partial charge < -0.3 is 28.2 Å². The number of aromatic nitrogens is 5. The van der Waals surface area contributed by atoms with Gasteiger partial charge in [0, 0.05) is 42.4 Å². The van der Waals surface area contributed by atoms with Gasteiger partial charge >= 0.3 is 6.09 Å². The minimum Gasteiger partial charge on any atom is -0.491 e. The summed E-state index contributed by atoms with van der Waals surface area (Å²) in [5, 5.41) is 4.66. The molecule has 4 aromatic rings. The summed E-state index contributed by atoms with van der Waals surface area (Å²) >= 11 is 6.93. The molecule has 14 heteroatoms. The number of carbonyl (C=O) groups is 1. The normalized spacial score (nSPS) is 15.3. The van der Waals surface area contributed by atoms with Crippen LogP contribution in [0.3, 0.4) is 0 Å². The van der Waals surface area contributed by atoms with Gasteiger partial charge in [-0.05, 0) is 90.7 Å². The second kappa shape index (κ2) is 14.9. The Morgan fingerprint density at radius 2 is 1.80 bits per heavy atom. The molecule has 1 aliphatic carbocycles. The van der Waals surface area contributed by atoms with Crippen LogP contribution >= 0.6 is 11.6 Å². The number of ether oxygens (including phenoxy) is 2. The highest BCUT2D eigenvalue weighted by Crippen LogP contribution is 2.41. The number of aryl methyl sites for hydroxylation is 2. The number of halogens is 1. The summed E-state index contributed by atoms with van der Waals surface area (Å²) in [5.74, 6) is 3.86. The van der Waals surface area contributed by atoms with E-state index in [1.165, 1.54) is 0 Å². The largest absolute Gasteiger partial charge is 0.491 e. The third-order valence-corrected chi connectivity index (χ3v) is 15.2. The van der Waals surface area contributed by atoms with E-state index in [1.807, 2.05) is 59.9 Å². The molecular formula is C40H54ClN7O5Si. The summed E-state index contributed by atoms with van der Waals surface area (Å²) < 4.78 is 24.5. The number of benzene rings is 1. The Morgan fingerprint density at radius 3 is 2.43 bits per heavy atom. The van der Waals surface area contributed by atoms with Crippen molar-refractivity contribution in [3.63, 3.8) is 0 Å². The smallest absolute Gasteiger partial charge is 0.410 e. The van der Waals surface area contributed by atoms with E-state index in [4.69, 9.17) is 45.0 Å². The number of likely N-dealkylation sites (N-methyl/N-ethyl adjacent to an activating group) is 1. The van der Waals surface area contributed by atoms with Crippen molar-refractivity contribution in [2.45, 2.75) is 124 Å². The van der Waals surface area contributed by atoms with Crippen molar-refractivity contribution < 1.29 is 23.2 Å². The number of rotatable bonds is 11. The average Bonchev–Trinajstić information content (AvgIpc) is 3.76. The lowest BCUT2D eigenvalue weighted by Crippen LogP contribution is -2.49. The number of hydrogen-bond donors (Lipinski definition) is 0. The van der Waals surface area contributed by atoms with Crippen LogP contribution in [0.2, 0.25) is 23.2 Å². The SMILES string of the molecule is Cc1noc(C)c1-c1nc(-c2cc(OC[C@@H](CN(C)C(=O)OC(C)(C)C)O[Si](C)(C)C(C)(C)C)ccc2Cl)nc(N2Cc3cnc(C4CC4)nc3C2)c1C. The molecule has 3 aromatic heterocycles. The second-order valence-corrected chi connectivity index (χ2v) is 22.4. The Bertz CT molecular complexity index is 2020. The van der Waals surface area contributed by atoms with E-state index < -0.39 is 26.1 Å². The van der Waals surface area contributed by atoms with Crippen LogP contribution in [0.5, 0.6) is 5.75 Å². The van der Waals surface area contributed by atoms with Crippen LogP contribution in [0.1, 0.15) is 94.4 Å². The average molecular weight is 776 g/mol. The highest BCUT2D eigenvalue weighted by molar-refractivity contribution is 6.74. The fraction of sp³-hybridized carbons (Fsp3) is 0.550. The van der Waals surface area contributed by atoms with Crippen LogP contribution in [0, 0.1) is 20.8 Å². The van der Waals surface area contributed by atoms with Gasteiger partial charge in [0.15, 0.2) is 14.1 Å². The van der Waals surface area contributed by atoms with E-state index in [0.717, 1.165) is 58.3 Å².